The van der Waals surface area contributed by atoms with E-state index < -0.39 is 22.0 Å². The molecule has 37 heavy (non-hydrogen) atoms. The SMILES string of the molecule is CN(C)c1cccc2c(S(=O)(=O)Nc3ccc4c(c3)ncn4C(CC(=O)O)c3ccccc3)cccc12. The lowest BCUT2D eigenvalue weighted by Gasteiger charge is -2.18. The minimum absolute atomic E-state index is 0.111. The molecular formula is C28H26N4O4S. The Balaban J connectivity index is 1.51. The first-order valence-electron chi connectivity index (χ1n) is 11.7. The molecule has 188 valence electrons. The normalized spacial score (nSPS) is 12.5. The summed E-state index contributed by atoms with van der Waals surface area (Å²) in [7, 11) is -0.0642. The van der Waals surface area contributed by atoms with Crippen LogP contribution >= 0.6 is 0 Å². The first-order chi connectivity index (χ1) is 17.7. The summed E-state index contributed by atoms with van der Waals surface area (Å²) < 4.78 is 31.4. The Morgan fingerprint density at radius 3 is 2.43 bits per heavy atom. The number of hydrogen-bond donors (Lipinski definition) is 2. The summed E-state index contributed by atoms with van der Waals surface area (Å²) in [6, 6.07) is 24.8. The molecule has 1 atom stereocenters. The number of nitrogens with zero attached hydrogens (tertiary/aromatic N) is 3. The number of carbonyl (C=O) groups is 1. The molecule has 1 aromatic heterocycles. The van der Waals surface area contributed by atoms with E-state index in [0.29, 0.717) is 22.1 Å². The zero-order chi connectivity index (χ0) is 26.2. The van der Waals surface area contributed by atoms with Crippen LogP contribution in [0.4, 0.5) is 11.4 Å². The van der Waals surface area contributed by atoms with E-state index in [0.717, 1.165) is 16.6 Å². The third kappa shape index (κ3) is 4.73. The van der Waals surface area contributed by atoms with Crippen molar-refractivity contribution >= 4 is 49.2 Å². The highest BCUT2D eigenvalue weighted by Crippen LogP contribution is 2.32. The molecule has 0 saturated heterocycles. The molecule has 0 aliphatic rings. The molecule has 0 aliphatic carbocycles. The van der Waals surface area contributed by atoms with Crippen molar-refractivity contribution in [3.63, 3.8) is 0 Å². The van der Waals surface area contributed by atoms with Crippen molar-refractivity contribution in [2.24, 2.45) is 0 Å². The van der Waals surface area contributed by atoms with Crippen LogP contribution in [0.25, 0.3) is 21.8 Å². The van der Waals surface area contributed by atoms with Gasteiger partial charge in [0.05, 0.1) is 40.4 Å². The minimum atomic E-state index is -3.90. The van der Waals surface area contributed by atoms with E-state index in [1.54, 1.807) is 42.7 Å². The molecule has 0 radical (unpaired) electrons. The molecule has 1 heterocycles. The lowest BCUT2D eigenvalue weighted by Crippen LogP contribution is -2.15. The molecule has 5 aromatic rings. The molecule has 8 nitrogen and oxygen atoms in total. The predicted octanol–water partition coefficient (Wildman–Crippen LogP) is 5.12. The molecule has 0 saturated carbocycles. The first kappa shape index (κ1) is 24.3. The van der Waals surface area contributed by atoms with E-state index in [4.69, 9.17) is 0 Å². The quantitative estimate of drug-likeness (QED) is 0.298. The van der Waals surface area contributed by atoms with Crippen LogP contribution in [0.15, 0.2) is 96.2 Å². The Kier molecular flexibility index (Phi) is 6.31. The molecule has 0 spiro atoms. The van der Waals surface area contributed by atoms with Crippen molar-refractivity contribution in [1.82, 2.24) is 9.55 Å². The number of sulfonamides is 1. The second-order valence-electron chi connectivity index (χ2n) is 9.01. The van der Waals surface area contributed by atoms with Crippen molar-refractivity contribution in [1.29, 1.82) is 0 Å². The van der Waals surface area contributed by atoms with E-state index in [1.807, 2.05) is 72.1 Å². The van der Waals surface area contributed by atoms with Gasteiger partial charge in [-0.05, 0) is 35.9 Å². The van der Waals surface area contributed by atoms with Crippen molar-refractivity contribution in [3.8, 4) is 0 Å². The highest BCUT2D eigenvalue weighted by atomic mass is 32.2. The number of benzene rings is 4. The monoisotopic (exact) mass is 514 g/mol. The molecule has 0 aliphatic heterocycles. The summed E-state index contributed by atoms with van der Waals surface area (Å²) in [6.45, 7) is 0. The van der Waals surface area contributed by atoms with E-state index >= 15 is 0 Å². The van der Waals surface area contributed by atoms with Gasteiger partial charge in [0.25, 0.3) is 10.0 Å². The van der Waals surface area contributed by atoms with E-state index in [2.05, 4.69) is 9.71 Å². The summed E-state index contributed by atoms with van der Waals surface area (Å²) >= 11 is 0. The molecule has 0 bridgehead atoms. The van der Waals surface area contributed by atoms with Gasteiger partial charge in [0, 0.05) is 30.6 Å². The second-order valence-corrected chi connectivity index (χ2v) is 10.7. The van der Waals surface area contributed by atoms with Gasteiger partial charge in [-0.2, -0.15) is 0 Å². The Bertz CT molecular complexity index is 1710. The van der Waals surface area contributed by atoms with Gasteiger partial charge in [-0.25, -0.2) is 13.4 Å². The number of hydrogen-bond acceptors (Lipinski definition) is 5. The lowest BCUT2D eigenvalue weighted by molar-refractivity contribution is -0.137. The van der Waals surface area contributed by atoms with Gasteiger partial charge in [-0.3, -0.25) is 9.52 Å². The Morgan fingerprint density at radius 1 is 0.973 bits per heavy atom. The number of aliphatic carboxylic acids is 1. The van der Waals surface area contributed by atoms with E-state index in [1.165, 1.54) is 0 Å². The molecule has 5 rings (SSSR count). The number of carboxylic acid groups (broad SMARTS) is 1. The smallest absolute Gasteiger partial charge is 0.305 e. The van der Waals surface area contributed by atoms with Gasteiger partial charge < -0.3 is 14.6 Å². The summed E-state index contributed by atoms with van der Waals surface area (Å²) in [4.78, 5) is 18.2. The third-order valence-electron chi connectivity index (χ3n) is 6.35. The highest BCUT2D eigenvalue weighted by molar-refractivity contribution is 7.93. The number of aromatic nitrogens is 2. The number of anilines is 2. The van der Waals surface area contributed by atoms with Crippen LogP contribution in [0.2, 0.25) is 0 Å². The molecule has 1 unspecified atom stereocenters. The van der Waals surface area contributed by atoms with Gasteiger partial charge in [-0.15, -0.1) is 0 Å². The van der Waals surface area contributed by atoms with Crippen LogP contribution in [0, 0.1) is 0 Å². The first-order valence-corrected chi connectivity index (χ1v) is 13.2. The van der Waals surface area contributed by atoms with Gasteiger partial charge in [0.15, 0.2) is 0 Å². The maximum atomic E-state index is 13.4. The number of fused-ring (bicyclic) bond motifs is 2. The van der Waals surface area contributed by atoms with Crippen molar-refractivity contribution < 1.29 is 18.3 Å². The predicted molar refractivity (Wildman–Crippen MR) is 146 cm³/mol. The molecule has 2 N–H and O–H groups in total. The summed E-state index contributed by atoms with van der Waals surface area (Å²) in [5.41, 5.74) is 3.41. The van der Waals surface area contributed by atoms with Crippen molar-refractivity contribution in [3.05, 3.63) is 96.8 Å². The molecule has 4 aromatic carbocycles. The largest absolute Gasteiger partial charge is 0.481 e. The average molecular weight is 515 g/mol. The summed E-state index contributed by atoms with van der Waals surface area (Å²) in [5.74, 6) is -0.924. The molecule has 0 amide bonds. The second kappa shape index (κ2) is 9.59. The fourth-order valence-electron chi connectivity index (χ4n) is 4.66. The minimum Gasteiger partial charge on any atom is -0.481 e. The number of nitrogens with one attached hydrogen (secondary N) is 1. The van der Waals surface area contributed by atoms with Crippen molar-refractivity contribution in [2.75, 3.05) is 23.7 Å². The van der Waals surface area contributed by atoms with Gasteiger partial charge in [0.1, 0.15) is 0 Å². The van der Waals surface area contributed by atoms with Gasteiger partial charge in [-0.1, -0.05) is 54.6 Å². The fourth-order valence-corrected chi connectivity index (χ4v) is 5.93. The zero-order valence-corrected chi connectivity index (χ0v) is 21.2. The van der Waals surface area contributed by atoms with Crippen LogP contribution in [0.5, 0.6) is 0 Å². The van der Waals surface area contributed by atoms with Crippen LogP contribution in [0.3, 0.4) is 0 Å². The zero-order valence-electron chi connectivity index (χ0n) is 20.4. The van der Waals surface area contributed by atoms with Crippen LogP contribution in [0.1, 0.15) is 18.0 Å². The van der Waals surface area contributed by atoms with Gasteiger partial charge in [0.2, 0.25) is 0 Å². The summed E-state index contributed by atoms with van der Waals surface area (Å²) in [5, 5.41) is 11.0. The van der Waals surface area contributed by atoms with Crippen LogP contribution in [-0.2, 0) is 14.8 Å². The maximum absolute atomic E-state index is 13.4. The number of imidazole rings is 1. The van der Waals surface area contributed by atoms with E-state index in [-0.39, 0.29) is 11.3 Å². The summed E-state index contributed by atoms with van der Waals surface area (Å²) in [6.07, 6.45) is 1.48. The molecular weight excluding hydrogens is 488 g/mol. The van der Waals surface area contributed by atoms with Crippen LogP contribution < -0.4 is 9.62 Å². The standard InChI is InChI=1S/C28H26N4O4S/c1-31(2)24-12-6-11-22-21(24)10-7-13-27(22)37(35,36)30-20-14-15-25-23(16-20)29-18-32(25)26(17-28(33)34)19-8-4-3-5-9-19/h3-16,18,26,30H,17H2,1-2H3,(H,33,34). The van der Waals surface area contributed by atoms with Crippen LogP contribution in [-0.4, -0.2) is 43.1 Å². The van der Waals surface area contributed by atoms with Crippen molar-refractivity contribution in [2.45, 2.75) is 17.4 Å². The number of rotatable bonds is 8. The Morgan fingerprint density at radius 2 is 1.70 bits per heavy atom. The topological polar surface area (TPSA) is 105 Å². The highest BCUT2D eigenvalue weighted by Gasteiger charge is 2.22. The third-order valence-corrected chi connectivity index (χ3v) is 7.78. The molecule has 0 fully saturated rings. The number of carboxylic acids is 1. The lowest BCUT2D eigenvalue weighted by atomic mass is 10.0. The average Bonchev–Trinajstić information content (AvgIpc) is 3.29. The fraction of sp³-hybridized carbons (Fsp3) is 0.143. The van der Waals surface area contributed by atoms with E-state index in [9.17, 15) is 18.3 Å². The molecule has 9 heteroatoms. The maximum Gasteiger partial charge on any atom is 0.305 e. The van der Waals surface area contributed by atoms with Gasteiger partial charge >= 0.3 is 5.97 Å². The Labute approximate surface area is 214 Å². The Hall–Kier alpha value is -4.37.